The molecule has 0 fully saturated rings. The lowest BCUT2D eigenvalue weighted by molar-refractivity contribution is -0.141. The lowest BCUT2D eigenvalue weighted by Crippen LogP contribution is -2.03. The van der Waals surface area contributed by atoms with Gasteiger partial charge in [-0.2, -0.15) is 0 Å². The fraction of sp³-hybridized carbons (Fsp3) is 0.500. The number of rotatable bonds is 4. The van der Waals surface area contributed by atoms with Gasteiger partial charge in [0, 0.05) is 20.6 Å². The first-order valence-electron chi connectivity index (χ1n) is 4.55. The molecule has 0 saturated heterocycles. The number of carbonyl (C=O) groups excluding carboxylic acids is 1. The summed E-state index contributed by atoms with van der Waals surface area (Å²) in [6.07, 6.45) is 0.0600. The van der Waals surface area contributed by atoms with Crippen molar-refractivity contribution in [2.45, 2.75) is 25.9 Å². The molecule has 0 radical (unpaired) electrons. The molecule has 0 saturated carbocycles. The van der Waals surface area contributed by atoms with Crippen molar-refractivity contribution < 1.29 is 14.6 Å². The van der Waals surface area contributed by atoms with Gasteiger partial charge in [0.25, 0.3) is 0 Å². The van der Waals surface area contributed by atoms with Crippen molar-refractivity contribution >= 4 is 33.2 Å². The molecule has 1 atom stereocenters. The van der Waals surface area contributed by atoms with E-state index >= 15 is 0 Å². The van der Waals surface area contributed by atoms with Crippen LogP contribution in [-0.2, 0) is 9.53 Å². The number of aliphatic hydroxyl groups is 1. The molecule has 1 rings (SSSR count). The highest BCUT2D eigenvalue weighted by Gasteiger charge is 2.14. The molecule has 0 amide bonds. The lowest BCUT2D eigenvalue weighted by atomic mass is 10.2. The monoisotopic (exact) mass is 292 g/mol. The first-order chi connectivity index (χ1) is 7.04. The zero-order chi connectivity index (χ0) is 11.4. The van der Waals surface area contributed by atoms with Crippen LogP contribution in [0.5, 0.6) is 0 Å². The number of esters is 1. The summed E-state index contributed by atoms with van der Waals surface area (Å²) in [5, 5.41) is 9.78. The Morgan fingerprint density at radius 2 is 2.40 bits per heavy atom. The van der Waals surface area contributed by atoms with Crippen molar-refractivity contribution in [3.8, 4) is 0 Å². The van der Waals surface area contributed by atoms with Crippen molar-refractivity contribution in [2.24, 2.45) is 0 Å². The van der Waals surface area contributed by atoms with E-state index in [0.717, 1.165) is 14.2 Å². The maximum Gasteiger partial charge on any atom is 0.305 e. The Morgan fingerprint density at radius 1 is 1.73 bits per heavy atom. The minimum Gasteiger partial charge on any atom is -0.469 e. The Hall–Kier alpha value is -0.390. The molecule has 84 valence electrons. The highest BCUT2D eigenvalue weighted by atomic mass is 79.9. The highest BCUT2D eigenvalue weighted by molar-refractivity contribution is 9.10. The van der Waals surface area contributed by atoms with Gasteiger partial charge in [0.1, 0.15) is 0 Å². The van der Waals surface area contributed by atoms with E-state index in [9.17, 15) is 9.90 Å². The van der Waals surface area contributed by atoms with E-state index in [1.807, 2.05) is 13.0 Å². The molecular weight excluding hydrogens is 280 g/mol. The minimum atomic E-state index is -0.584. The van der Waals surface area contributed by atoms with Crippen molar-refractivity contribution in [1.82, 2.24) is 0 Å². The largest absolute Gasteiger partial charge is 0.469 e. The Balaban J connectivity index is 2.53. The molecule has 0 aliphatic rings. The third-order valence-corrected chi connectivity index (χ3v) is 4.29. The van der Waals surface area contributed by atoms with Crippen LogP contribution in [0.2, 0.25) is 0 Å². The van der Waals surface area contributed by atoms with Crippen LogP contribution in [0.25, 0.3) is 0 Å². The number of thiophene rings is 1. The summed E-state index contributed by atoms with van der Waals surface area (Å²) in [5.41, 5.74) is 0. The number of ether oxygens (including phenoxy) is 1. The zero-order valence-electron chi connectivity index (χ0n) is 8.62. The van der Waals surface area contributed by atoms with Crippen LogP contribution in [0.1, 0.15) is 28.7 Å². The van der Waals surface area contributed by atoms with Crippen LogP contribution in [0.4, 0.5) is 0 Å². The molecule has 3 nitrogen and oxygen atoms in total. The van der Waals surface area contributed by atoms with E-state index in [1.165, 1.54) is 18.4 Å². The molecule has 1 unspecified atom stereocenters. The molecule has 0 spiro atoms. The predicted octanol–water partition coefficient (Wildman–Crippen LogP) is 2.81. The normalized spacial score (nSPS) is 12.5. The van der Waals surface area contributed by atoms with E-state index in [0.29, 0.717) is 6.42 Å². The fourth-order valence-electron chi connectivity index (χ4n) is 1.14. The van der Waals surface area contributed by atoms with Gasteiger partial charge in [-0.3, -0.25) is 4.79 Å². The van der Waals surface area contributed by atoms with Gasteiger partial charge in [-0.15, -0.1) is 11.3 Å². The molecule has 5 heteroatoms. The molecule has 0 bridgehead atoms. The average Bonchev–Trinajstić information content (AvgIpc) is 2.55. The van der Waals surface area contributed by atoms with E-state index in [-0.39, 0.29) is 12.4 Å². The standard InChI is InChI=1S/C10H13BrO3S/c1-6-7(11)5-9(15-6)8(12)3-4-10(13)14-2/h5,8,12H,3-4H2,1-2H3. The Bertz CT molecular complexity index is 329. The van der Waals surface area contributed by atoms with Gasteiger partial charge in [-0.25, -0.2) is 0 Å². The molecule has 15 heavy (non-hydrogen) atoms. The highest BCUT2D eigenvalue weighted by Crippen LogP contribution is 2.32. The van der Waals surface area contributed by atoms with E-state index < -0.39 is 6.10 Å². The van der Waals surface area contributed by atoms with Crippen molar-refractivity contribution in [2.75, 3.05) is 7.11 Å². The summed E-state index contributed by atoms with van der Waals surface area (Å²) in [7, 11) is 1.35. The van der Waals surface area contributed by atoms with Crippen molar-refractivity contribution in [3.05, 3.63) is 20.3 Å². The summed E-state index contributed by atoms with van der Waals surface area (Å²) in [6, 6.07) is 1.89. The Morgan fingerprint density at radius 3 is 2.87 bits per heavy atom. The fourth-order valence-corrected chi connectivity index (χ4v) is 2.73. The van der Waals surface area contributed by atoms with E-state index in [4.69, 9.17) is 0 Å². The van der Waals surface area contributed by atoms with E-state index in [1.54, 1.807) is 0 Å². The second-order valence-corrected chi connectivity index (χ2v) is 5.33. The van der Waals surface area contributed by atoms with Crippen LogP contribution in [0, 0.1) is 6.92 Å². The Labute approximate surface area is 101 Å². The van der Waals surface area contributed by atoms with Gasteiger partial charge in [0.05, 0.1) is 13.2 Å². The van der Waals surface area contributed by atoms with Crippen LogP contribution in [0.3, 0.4) is 0 Å². The van der Waals surface area contributed by atoms with Crippen molar-refractivity contribution in [3.63, 3.8) is 0 Å². The minimum absolute atomic E-state index is 0.242. The maximum atomic E-state index is 10.9. The number of hydrogen-bond acceptors (Lipinski definition) is 4. The predicted molar refractivity (Wildman–Crippen MR) is 63.0 cm³/mol. The van der Waals surface area contributed by atoms with Gasteiger partial charge >= 0.3 is 5.97 Å². The van der Waals surface area contributed by atoms with Crippen LogP contribution < -0.4 is 0 Å². The number of methoxy groups -OCH3 is 1. The first-order valence-corrected chi connectivity index (χ1v) is 6.16. The Kier molecular flexibility index (Phi) is 4.76. The molecule has 0 aromatic carbocycles. The van der Waals surface area contributed by atoms with Crippen LogP contribution in [0.15, 0.2) is 10.5 Å². The van der Waals surface area contributed by atoms with Gasteiger partial charge in [-0.05, 0) is 35.3 Å². The number of halogens is 1. The maximum absolute atomic E-state index is 10.9. The quantitative estimate of drug-likeness (QED) is 0.868. The molecule has 1 N–H and O–H groups in total. The SMILES string of the molecule is COC(=O)CCC(O)c1cc(Br)c(C)s1. The second kappa shape index (κ2) is 5.63. The molecule has 1 aromatic rings. The molecule has 0 aliphatic heterocycles. The van der Waals surface area contributed by atoms with Gasteiger partial charge in [0.15, 0.2) is 0 Å². The topological polar surface area (TPSA) is 46.5 Å². The molecular formula is C10H13BrO3S. The van der Waals surface area contributed by atoms with Gasteiger partial charge in [0.2, 0.25) is 0 Å². The van der Waals surface area contributed by atoms with Crippen molar-refractivity contribution in [1.29, 1.82) is 0 Å². The molecule has 0 aliphatic carbocycles. The summed E-state index contributed by atoms with van der Waals surface area (Å²) >= 11 is 4.92. The summed E-state index contributed by atoms with van der Waals surface area (Å²) in [4.78, 5) is 12.9. The smallest absolute Gasteiger partial charge is 0.305 e. The first kappa shape index (κ1) is 12.7. The number of aryl methyl sites for hydroxylation is 1. The second-order valence-electron chi connectivity index (χ2n) is 3.18. The summed E-state index contributed by atoms with van der Waals surface area (Å²) in [5.74, 6) is -0.290. The molecule has 1 heterocycles. The van der Waals surface area contributed by atoms with Crippen LogP contribution in [-0.4, -0.2) is 18.2 Å². The number of carbonyl (C=O) groups is 1. The number of hydrogen-bond donors (Lipinski definition) is 1. The van der Waals surface area contributed by atoms with E-state index in [2.05, 4.69) is 20.7 Å². The summed E-state index contributed by atoms with van der Waals surface area (Å²) in [6.45, 7) is 1.98. The van der Waals surface area contributed by atoms with Crippen LogP contribution >= 0.6 is 27.3 Å². The van der Waals surface area contributed by atoms with Gasteiger partial charge in [-0.1, -0.05) is 0 Å². The summed E-state index contributed by atoms with van der Waals surface area (Å²) < 4.78 is 5.51. The third-order valence-electron chi connectivity index (χ3n) is 2.05. The lowest BCUT2D eigenvalue weighted by Gasteiger charge is -2.06. The zero-order valence-corrected chi connectivity index (χ0v) is 11.0. The number of aliphatic hydroxyl groups excluding tert-OH is 1. The van der Waals surface area contributed by atoms with Gasteiger partial charge < -0.3 is 9.84 Å². The average molecular weight is 293 g/mol. The molecule has 1 aromatic heterocycles. The third kappa shape index (κ3) is 3.59.